The van der Waals surface area contributed by atoms with Crippen LogP contribution < -0.4 is 10.1 Å². The molecule has 0 bridgehead atoms. The molecule has 0 saturated carbocycles. The summed E-state index contributed by atoms with van der Waals surface area (Å²) in [5, 5.41) is 21.5. The molecule has 2 N–H and O–H groups in total. The van der Waals surface area contributed by atoms with Gasteiger partial charge in [0.2, 0.25) is 0 Å². The predicted octanol–water partition coefficient (Wildman–Crippen LogP) is 3.93. The highest BCUT2D eigenvalue weighted by atomic mass is 35.5. The lowest BCUT2D eigenvalue weighted by Gasteiger charge is -2.06. The summed E-state index contributed by atoms with van der Waals surface area (Å²) in [5.41, 5.74) is 1.19. The van der Waals surface area contributed by atoms with E-state index in [0.29, 0.717) is 11.3 Å². The average molecular weight is 377 g/mol. The number of benzene rings is 2. The Hall–Kier alpha value is -2.68. The van der Waals surface area contributed by atoms with Crippen LogP contribution in [0.15, 0.2) is 42.0 Å². The Morgan fingerprint density at radius 2 is 1.88 bits per heavy atom. The van der Waals surface area contributed by atoms with Gasteiger partial charge in [0, 0.05) is 6.54 Å². The van der Waals surface area contributed by atoms with Crippen molar-refractivity contribution in [1.82, 2.24) is 5.32 Å². The first-order valence-electron chi connectivity index (χ1n) is 7.15. The minimum atomic E-state index is -0.529. The Kier molecular flexibility index (Phi) is 6.29. The molecule has 128 valence electrons. The normalized spacial score (nSPS) is 10.9. The van der Waals surface area contributed by atoms with Crippen molar-refractivity contribution < 1.29 is 14.6 Å². The van der Waals surface area contributed by atoms with Crippen molar-refractivity contribution in [2.24, 2.45) is 0 Å². The molecular formula is C18H14Cl2N2O3. The summed E-state index contributed by atoms with van der Waals surface area (Å²) in [5.74, 6) is -0.0599. The summed E-state index contributed by atoms with van der Waals surface area (Å²) < 4.78 is 5.07. The topological polar surface area (TPSA) is 82.3 Å². The monoisotopic (exact) mass is 376 g/mol. The lowest BCUT2D eigenvalue weighted by molar-refractivity contribution is -0.117. The van der Waals surface area contributed by atoms with Crippen LogP contribution >= 0.6 is 23.2 Å². The molecule has 0 radical (unpaired) electrons. The molecule has 0 saturated heterocycles. The number of phenolic OH excluding ortho intramolecular Hbond substituents is 1. The van der Waals surface area contributed by atoms with Crippen LogP contribution in [0.25, 0.3) is 6.08 Å². The number of hydrogen-bond acceptors (Lipinski definition) is 4. The van der Waals surface area contributed by atoms with Crippen LogP contribution in [-0.4, -0.2) is 18.1 Å². The Balaban J connectivity index is 2.11. The van der Waals surface area contributed by atoms with Gasteiger partial charge in [0.15, 0.2) is 5.75 Å². The summed E-state index contributed by atoms with van der Waals surface area (Å²) in [6, 6.07) is 11.9. The first-order valence-corrected chi connectivity index (χ1v) is 7.91. The molecule has 2 aromatic carbocycles. The molecule has 0 aromatic heterocycles. The van der Waals surface area contributed by atoms with E-state index < -0.39 is 5.91 Å². The third-order valence-electron chi connectivity index (χ3n) is 3.33. The molecule has 0 fully saturated rings. The molecule has 0 atom stereocenters. The van der Waals surface area contributed by atoms with E-state index in [1.807, 2.05) is 18.2 Å². The maximum absolute atomic E-state index is 12.2. The molecule has 0 heterocycles. The molecule has 0 aliphatic heterocycles. The summed E-state index contributed by atoms with van der Waals surface area (Å²) in [4.78, 5) is 12.2. The van der Waals surface area contributed by atoms with Gasteiger partial charge in [-0.15, -0.1) is 0 Å². The molecule has 2 rings (SSSR count). The Labute approximate surface area is 155 Å². The highest BCUT2D eigenvalue weighted by Crippen LogP contribution is 2.33. The molecule has 0 unspecified atom stereocenters. The number of halogens is 2. The summed E-state index contributed by atoms with van der Waals surface area (Å²) >= 11 is 11.7. The van der Waals surface area contributed by atoms with Gasteiger partial charge in [-0.2, -0.15) is 5.26 Å². The highest BCUT2D eigenvalue weighted by molar-refractivity contribution is 6.37. The molecule has 0 aliphatic carbocycles. The Morgan fingerprint density at radius 1 is 1.28 bits per heavy atom. The van der Waals surface area contributed by atoms with Crippen LogP contribution in [0.2, 0.25) is 10.0 Å². The fourth-order valence-corrected chi connectivity index (χ4v) is 2.51. The van der Waals surface area contributed by atoms with Crippen molar-refractivity contribution in [1.29, 1.82) is 5.26 Å². The smallest absolute Gasteiger partial charge is 0.262 e. The largest absolute Gasteiger partial charge is 0.505 e. The van der Waals surface area contributed by atoms with E-state index in [2.05, 4.69) is 5.32 Å². The van der Waals surface area contributed by atoms with Gasteiger partial charge < -0.3 is 15.2 Å². The van der Waals surface area contributed by atoms with Crippen molar-refractivity contribution in [2.45, 2.75) is 6.54 Å². The van der Waals surface area contributed by atoms with Crippen LogP contribution in [-0.2, 0) is 11.3 Å². The third-order valence-corrected chi connectivity index (χ3v) is 3.90. The number of ether oxygens (including phenoxy) is 1. The molecule has 7 heteroatoms. The van der Waals surface area contributed by atoms with E-state index >= 15 is 0 Å². The van der Waals surface area contributed by atoms with Crippen molar-refractivity contribution in [3.05, 3.63) is 63.1 Å². The summed E-state index contributed by atoms with van der Waals surface area (Å²) in [6.07, 6.45) is 1.35. The lowest BCUT2D eigenvalue weighted by Crippen LogP contribution is -2.23. The molecule has 1 amide bonds. The van der Waals surface area contributed by atoms with E-state index in [0.717, 1.165) is 5.56 Å². The van der Waals surface area contributed by atoms with Crippen LogP contribution in [0, 0.1) is 11.3 Å². The van der Waals surface area contributed by atoms with Crippen LogP contribution in [0.5, 0.6) is 11.5 Å². The maximum atomic E-state index is 12.2. The second-order valence-corrected chi connectivity index (χ2v) is 5.85. The van der Waals surface area contributed by atoms with Gasteiger partial charge in [-0.1, -0.05) is 35.3 Å². The SMILES string of the molecule is COc1ccc(CNC(=O)/C(C#N)=C\c2cc(Cl)c(O)c(Cl)c2)cc1. The second-order valence-electron chi connectivity index (χ2n) is 5.03. The van der Waals surface area contributed by atoms with Gasteiger partial charge in [0.25, 0.3) is 5.91 Å². The van der Waals surface area contributed by atoms with Crippen molar-refractivity contribution in [3.63, 3.8) is 0 Å². The first-order chi connectivity index (χ1) is 11.9. The second kappa shape index (κ2) is 8.43. The van der Waals surface area contributed by atoms with Gasteiger partial charge in [0.1, 0.15) is 17.4 Å². The number of nitrogens with one attached hydrogen (secondary N) is 1. The Morgan fingerprint density at radius 3 is 2.40 bits per heavy atom. The number of amides is 1. The predicted molar refractivity (Wildman–Crippen MR) is 96.6 cm³/mol. The molecule has 0 spiro atoms. The fourth-order valence-electron chi connectivity index (χ4n) is 2.00. The van der Waals surface area contributed by atoms with E-state index in [1.54, 1.807) is 19.2 Å². The molecule has 5 nitrogen and oxygen atoms in total. The van der Waals surface area contributed by atoms with E-state index in [-0.39, 0.29) is 27.9 Å². The number of nitrogens with zero attached hydrogens (tertiary/aromatic N) is 1. The average Bonchev–Trinajstić information content (AvgIpc) is 2.62. The van der Waals surface area contributed by atoms with Gasteiger partial charge in [0.05, 0.1) is 17.2 Å². The highest BCUT2D eigenvalue weighted by Gasteiger charge is 2.11. The standard InChI is InChI=1S/C18H14Cl2N2O3/c1-25-14-4-2-11(3-5-14)10-22-18(24)13(9-21)6-12-7-15(19)17(23)16(20)8-12/h2-8,23H,10H2,1H3,(H,22,24)/b13-6-. The first kappa shape index (κ1) is 18.7. The fraction of sp³-hybridized carbons (Fsp3) is 0.111. The number of methoxy groups -OCH3 is 1. The molecule has 2 aromatic rings. The number of nitriles is 1. The number of phenols is 1. The number of carbonyl (C=O) groups excluding carboxylic acids is 1. The number of hydrogen-bond donors (Lipinski definition) is 2. The van der Waals surface area contributed by atoms with Gasteiger partial charge in [-0.25, -0.2) is 0 Å². The van der Waals surface area contributed by atoms with Gasteiger partial charge in [-0.3, -0.25) is 4.79 Å². The molecule has 0 aliphatic rings. The van der Waals surface area contributed by atoms with Gasteiger partial charge >= 0.3 is 0 Å². The van der Waals surface area contributed by atoms with E-state index in [4.69, 9.17) is 27.9 Å². The van der Waals surface area contributed by atoms with Crippen LogP contribution in [0.4, 0.5) is 0 Å². The quantitative estimate of drug-likeness (QED) is 0.611. The lowest BCUT2D eigenvalue weighted by atomic mass is 10.1. The van der Waals surface area contributed by atoms with E-state index in [1.165, 1.54) is 18.2 Å². The zero-order chi connectivity index (χ0) is 18.4. The van der Waals surface area contributed by atoms with Crippen molar-refractivity contribution in [2.75, 3.05) is 7.11 Å². The van der Waals surface area contributed by atoms with E-state index in [9.17, 15) is 15.2 Å². The van der Waals surface area contributed by atoms with Crippen molar-refractivity contribution in [3.8, 4) is 17.6 Å². The summed E-state index contributed by atoms with van der Waals surface area (Å²) in [6.45, 7) is 0.263. The van der Waals surface area contributed by atoms with Crippen LogP contribution in [0.1, 0.15) is 11.1 Å². The maximum Gasteiger partial charge on any atom is 0.262 e. The number of aromatic hydroxyl groups is 1. The third kappa shape index (κ3) is 4.90. The number of rotatable bonds is 5. The number of carbonyl (C=O) groups is 1. The van der Waals surface area contributed by atoms with Gasteiger partial charge in [-0.05, 0) is 41.5 Å². The zero-order valence-electron chi connectivity index (χ0n) is 13.2. The minimum absolute atomic E-state index is 0.0367. The summed E-state index contributed by atoms with van der Waals surface area (Å²) in [7, 11) is 1.57. The Bertz CT molecular complexity index is 833. The molecule has 25 heavy (non-hydrogen) atoms. The van der Waals surface area contributed by atoms with Crippen LogP contribution in [0.3, 0.4) is 0 Å². The minimum Gasteiger partial charge on any atom is -0.505 e. The van der Waals surface area contributed by atoms with Crippen molar-refractivity contribution >= 4 is 35.2 Å². The molecular weight excluding hydrogens is 363 g/mol. The zero-order valence-corrected chi connectivity index (χ0v) is 14.7.